The van der Waals surface area contributed by atoms with Gasteiger partial charge >= 0.3 is 0 Å². The topological polar surface area (TPSA) is 46.0 Å². The summed E-state index contributed by atoms with van der Waals surface area (Å²) in [6.45, 7) is 1.71. The van der Waals surface area contributed by atoms with E-state index in [1.165, 1.54) is 11.8 Å². The summed E-state index contributed by atoms with van der Waals surface area (Å²) >= 11 is 7.21. The van der Waals surface area contributed by atoms with Gasteiger partial charge in [0, 0.05) is 12.4 Å². The standard InChI is InChI=1S/C12H11ClN2OS/c1-8(16)9-2-4-11(14-6-9)17-12-5-3-10(13)7-15-12/h2-8,16H,1H3/t8-/m1/s1. The molecule has 1 atom stereocenters. The van der Waals surface area contributed by atoms with Crippen molar-refractivity contribution in [1.82, 2.24) is 9.97 Å². The van der Waals surface area contributed by atoms with Gasteiger partial charge in [0.2, 0.25) is 0 Å². The number of hydrogen-bond acceptors (Lipinski definition) is 4. The molecule has 0 unspecified atom stereocenters. The van der Waals surface area contributed by atoms with Crippen LogP contribution in [0.3, 0.4) is 0 Å². The predicted octanol–water partition coefficient (Wildman–Crippen LogP) is 3.33. The van der Waals surface area contributed by atoms with Crippen molar-refractivity contribution >= 4 is 23.4 Å². The molecular weight excluding hydrogens is 256 g/mol. The Morgan fingerprint density at radius 1 is 1.12 bits per heavy atom. The van der Waals surface area contributed by atoms with Crippen molar-refractivity contribution in [2.75, 3.05) is 0 Å². The minimum Gasteiger partial charge on any atom is -0.389 e. The zero-order chi connectivity index (χ0) is 12.3. The van der Waals surface area contributed by atoms with Gasteiger partial charge in [0.05, 0.1) is 11.1 Å². The lowest BCUT2D eigenvalue weighted by molar-refractivity contribution is 0.198. The van der Waals surface area contributed by atoms with E-state index in [2.05, 4.69) is 9.97 Å². The van der Waals surface area contributed by atoms with Gasteiger partial charge in [0.1, 0.15) is 10.1 Å². The number of hydrogen-bond donors (Lipinski definition) is 1. The Bertz CT molecular complexity index is 485. The van der Waals surface area contributed by atoms with E-state index in [4.69, 9.17) is 11.6 Å². The van der Waals surface area contributed by atoms with Crippen LogP contribution in [0.1, 0.15) is 18.6 Å². The van der Waals surface area contributed by atoms with Gasteiger partial charge in [-0.25, -0.2) is 9.97 Å². The molecule has 0 bridgehead atoms. The molecule has 0 amide bonds. The number of pyridine rings is 2. The lowest BCUT2D eigenvalue weighted by Crippen LogP contribution is -1.92. The van der Waals surface area contributed by atoms with Crippen LogP contribution in [0.2, 0.25) is 5.02 Å². The third kappa shape index (κ3) is 3.43. The summed E-state index contributed by atoms with van der Waals surface area (Å²) in [6.07, 6.45) is 2.78. The second-order valence-electron chi connectivity index (χ2n) is 3.52. The van der Waals surface area contributed by atoms with Gasteiger partial charge in [-0.15, -0.1) is 0 Å². The van der Waals surface area contributed by atoms with Gasteiger partial charge in [-0.2, -0.15) is 0 Å². The monoisotopic (exact) mass is 266 g/mol. The van der Waals surface area contributed by atoms with Crippen molar-refractivity contribution in [2.24, 2.45) is 0 Å². The molecule has 0 radical (unpaired) electrons. The molecule has 17 heavy (non-hydrogen) atoms. The molecule has 0 aliphatic rings. The van der Waals surface area contributed by atoms with E-state index < -0.39 is 6.10 Å². The van der Waals surface area contributed by atoms with Crippen LogP contribution in [-0.4, -0.2) is 15.1 Å². The first-order chi connectivity index (χ1) is 8.15. The normalized spacial score (nSPS) is 12.4. The molecule has 88 valence electrons. The summed E-state index contributed by atoms with van der Waals surface area (Å²) < 4.78 is 0. The van der Waals surface area contributed by atoms with E-state index in [1.54, 1.807) is 25.4 Å². The Morgan fingerprint density at radius 3 is 2.24 bits per heavy atom. The fourth-order valence-electron chi connectivity index (χ4n) is 1.23. The minimum absolute atomic E-state index is 0.491. The smallest absolute Gasteiger partial charge is 0.102 e. The molecule has 2 rings (SSSR count). The van der Waals surface area contributed by atoms with Crippen molar-refractivity contribution in [2.45, 2.75) is 23.1 Å². The van der Waals surface area contributed by atoms with Crippen molar-refractivity contribution in [3.05, 3.63) is 47.2 Å². The average Bonchev–Trinajstić information content (AvgIpc) is 2.33. The maximum atomic E-state index is 9.36. The summed E-state index contributed by atoms with van der Waals surface area (Å²) in [5.74, 6) is 0. The van der Waals surface area contributed by atoms with Crippen LogP contribution >= 0.6 is 23.4 Å². The van der Waals surface area contributed by atoms with Gasteiger partial charge < -0.3 is 5.11 Å². The van der Waals surface area contributed by atoms with Crippen molar-refractivity contribution in [1.29, 1.82) is 0 Å². The van der Waals surface area contributed by atoms with E-state index in [-0.39, 0.29) is 0 Å². The van der Waals surface area contributed by atoms with Crippen molar-refractivity contribution < 1.29 is 5.11 Å². The van der Waals surface area contributed by atoms with Gasteiger partial charge in [0.15, 0.2) is 0 Å². The molecular formula is C12H11ClN2OS. The quantitative estimate of drug-likeness (QED) is 0.926. The van der Waals surface area contributed by atoms with Gasteiger partial charge in [-0.05, 0) is 30.7 Å². The van der Waals surface area contributed by atoms with Gasteiger partial charge in [-0.3, -0.25) is 0 Å². The highest BCUT2D eigenvalue weighted by atomic mass is 35.5. The van der Waals surface area contributed by atoms with Crippen LogP contribution in [0.15, 0.2) is 46.7 Å². The van der Waals surface area contributed by atoms with Crippen LogP contribution in [0, 0.1) is 0 Å². The molecule has 0 aromatic carbocycles. The van der Waals surface area contributed by atoms with E-state index >= 15 is 0 Å². The van der Waals surface area contributed by atoms with Crippen molar-refractivity contribution in [3.8, 4) is 0 Å². The molecule has 0 spiro atoms. The largest absolute Gasteiger partial charge is 0.389 e. The Labute approximate surface area is 109 Å². The molecule has 0 saturated heterocycles. The molecule has 2 heterocycles. The van der Waals surface area contributed by atoms with Gasteiger partial charge in [0.25, 0.3) is 0 Å². The summed E-state index contributed by atoms with van der Waals surface area (Å²) in [4.78, 5) is 8.42. The van der Waals surface area contributed by atoms with E-state index in [1.807, 2.05) is 18.2 Å². The zero-order valence-electron chi connectivity index (χ0n) is 9.17. The van der Waals surface area contributed by atoms with E-state index in [0.717, 1.165) is 15.6 Å². The molecule has 5 heteroatoms. The molecule has 1 N–H and O–H groups in total. The summed E-state index contributed by atoms with van der Waals surface area (Å²) in [7, 11) is 0. The minimum atomic E-state index is -0.491. The number of aliphatic hydroxyl groups is 1. The lowest BCUT2D eigenvalue weighted by atomic mass is 10.2. The Hall–Kier alpha value is -1.10. The predicted molar refractivity (Wildman–Crippen MR) is 68.2 cm³/mol. The third-order valence-electron chi connectivity index (χ3n) is 2.15. The number of aliphatic hydroxyl groups excluding tert-OH is 1. The fourth-order valence-corrected chi connectivity index (χ4v) is 2.04. The molecule has 2 aromatic heterocycles. The van der Waals surface area contributed by atoms with E-state index in [0.29, 0.717) is 5.02 Å². The fraction of sp³-hybridized carbons (Fsp3) is 0.167. The number of nitrogens with zero attached hydrogens (tertiary/aromatic N) is 2. The van der Waals surface area contributed by atoms with Crippen LogP contribution in [0.4, 0.5) is 0 Å². The van der Waals surface area contributed by atoms with E-state index in [9.17, 15) is 5.11 Å². The third-order valence-corrected chi connectivity index (χ3v) is 3.28. The highest BCUT2D eigenvalue weighted by molar-refractivity contribution is 7.99. The molecule has 0 saturated carbocycles. The Balaban J connectivity index is 2.11. The Kier molecular flexibility index (Phi) is 3.99. The maximum absolute atomic E-state index is 9.36. The average molecular weight is 267 g/mol. The summed E-state index contributed by atoms with van der Waals surface area (Å²) in [5, 5.41) is 11.7. The molecule has 0 fully saturated rings. The van der Waals surface area contributed by atoms with Crippen LogP contribution < -0.4 is 0 Å². The molecule has 0 aliphatic heterocycles. The first-order valence-corrected chi connectivity index (χ1v) is 6.28. The summed E-state index contributed by atoms with van der Waals surface area (Å²) in [6, 6.07) is 7.36. The SMILES string of the molecule is C[C@@H](O)c1ccc(Sc2ccc(Cl)cn2)nc1. The van der Waals surface area contributed by atoms with Crippen LogP contribution in [0.5, 0.6) is 0 Å². The summed E-state index contributed by atoms with van der Waals surface area (Å²) in [5.41, 5.74) is 0.804. The maximum Gasteiger partial charge on any atom is 0.102 e. The van der Waals surface area contributed by atoms with Crippen LogP contribution in [-0.2, 0) is 0 Å². The second-order valence-corrected chi connectivity index (χ2v) is 5.00. The zero-order valence-corrected chi connectivity index (χ0v) is 10.7. The molecule has 3 nitrogen and oxygen atoms in total. The van der Waals surface area contributed by atoms with Gasteiger partial charge in [-0.1, -0.05) is 29.4 Å². The van der Waals surface area contributed by atoms with Crippen molar-refractivity contribution in [3.63, 3.8) is 0 Å². The van der Waals surface area contributed by atoms with Crippen LogP contribution in [0.25, 0.3) is 0 Å². The molecule has 2 aromatic rings. The first kappa shape index (κ1) is 12.4. The molecule has 0 aliphatic carbocycles. The number of halogens is 1. The lowest BCUT2D eigenvalue weighted by Gasteiger charge is -2.04. The highest BCUT2D eigenvalue weighted by Gasteiger charge is 2.03. The highest BCUT2D eigenvalue weighted by Crippen LogP contribution is 2.25. The number of rotatable bonds is 3. The first-order valence-electron chi connectivity index (χ1n) is 5.08. The Morgan fingerprint density at radius 2 is 1.76 bits per heavy atom. The number of aromatic nitrogens is 2. The second kappa shape index (κ2) is 5.49.